The van der Waals surface area contributed by atoms with E-state index < -0.39 is 0 Å². The Hall–Kier alpha value is -0.620. The van der Waals surface area contributed by atoms with Gasteiger partial charge in [-0.3, -0.25) is 0 Å². The van der Waals surface area contributed by atoms with Crippen LogP contribution in [0.4, 0.5) is 0 Å². The summed E-state index contributed by atoms with van der Waals surface area (Å²) in [6.07, 6.45) is 1.15. The SMILES string of the molecule is CCCn1[c](=[Ag][I])n(-c2ccccc2)c2ccccc21. The predicted molar refractivity (Wildman–Crippen MR) is 88.8 cm³/mol. The minimum absolute atomic E-state index is 0.722. The van der Waals surface area contributed by atoms with E-state index in [9.17, 15) is 0 Å². The normalized spacial score (nSPS) is 13.0. The van der Waals surface area contributed by atoms with E-state index in [1.165, 1.54) is 20.4 Å². The number of halogens is 1. The number of imidazole rings is 1. The average molecular weight is 471 g/mol. The summed E-state index contributed by atoms with van der Waals surface area (Å²) in [5.41, 5.74) is 3.88. The number of hydrogen-bond acceptors (Lipinski definition) is 0. The molecular formula is C16H16AgIN2. The zero-order valence-electron chi connectivity index (χ0n) is 11.2. The van der Waals surface area contributed by atoms with Crippen LogP contribution in [0.25, 0.3) is 16.7 Å². The fourth-order valence-corrected chi connectivity index (χ4v) is 5.37. The van der Waals surface area contributed by atoms with Gasteiger partial charge in [0.2, 0.25) is 0 Å². The summed E-state index contributed by atoms with van der Waals surface area (Å²) in [6, 6.07) is 19.3. The molecule has 0 bridgehead atoms. The molecule has 4 heteroatoms. The molecule has 0 N–H and O–H groups in total. The number of hydrogen-bond donors (Lipinski definition) is 0. The van der Waals surface area contributed by atoms with Crippen LogP contribution in [0.5, 0.6) is 0 Å². The van der Waals surface area contributed by atoms with E-state index in [2.05, 4.69) is 89.7 Å². The van der Waals surface area contributed by atoms with Crippen LogP contribution >= 0.6 is 19.0 Å². The van der Waals surface area contributed by atoms with E-state index in [-0.39, 0.29) is 0 Å². The molecule has 2 aromatic carbocycles. The van der Waals surface area contributed by atoms with E-state index in [0.717, 1.165) is 28.4 Å². The van der Waals surface area contributed by atoms with Crippen molar-refractivity contribution in [1.29, 1.82) is 0 Å². The van der Waals surface area contributed by atoms with Crippen LogP contribution in [0.1, 0.15) is 13.3 Å². The summed E-state index contributed by atoms with van der Waals surface area (Å²) < 4.78 is 6.26. The van der Waals surface area contributed by atoms with E-state index in [1.54, 1.807) is 0 Å². The number of rotatable bonds is 3. The van der Waals surface area contributed by atoms with Crippen LogP contribution in [0.3, 0.4) is 0 Å². The van der Waals surface area contributed by atoms with Gasteiger partial charge in [-0.2, -0.15) is 0 Å². The molecule has 0 amide bonds. The number of aryl methyl sites for hydroxylation is 1. The summed E-state index contributed by atoms with van der Waals surface area (Å²) in [7, 11) is 0. The number of nitrogens with zero attached hydrogens (tertiary/aromatic N) is 2. The van der Waals surface area contributed by atoms with Gasteiger partial charge < -0.3 is 0 Å². The summed E-state index contributed by atoms with van der Waals surface area (Å²) in [4.78, 5) is 0. The van der Waals surface area contributed by atoms with Gasteiger partial charge in [0, 0.05) is 0 Å². The Labute approximate surface area is 137 Å². The van der Waals surface area contributed by atoms with E-state index in [1.807, 2.05) is 0 Å². The molecular weight excluding hydrogens is 455 g/mol. The summed E-state index contributed by atoms with van der Waals surface area (Å²) in [6.45, 7) is 3.31. The Kier molecular flexibility index (Phi) is 4.61. The molecule has 0 radical (unpaired) electrons. The third-order valence-electron chi connectivity index (χ3n) is 3.30. The van der Waals surface area contributed by atoms with Crippen molar-refractivity contribution in [3.8, 4) is 5.69 Å². The van der Waals surface area contributed by atoms with E-state index in [4.69, 9.17) is 0 Å². The molecule has 1 aromatic heterocycles. The van der Waals surface area contributed by atoms with Crippen molar-refractivity contribution in [3.63, 3.8) is 0 Å². The molecule has 0 saturated carbocycles. The van der Waals surface area contributed by atoms with Gasteiger partial charge >= 0.3 is 138 Å². The fraction of sp³-hybridized carbons (Fsp3) is 0.188. The third-order valence-corrected chi connectivity index (χ3v) is 6.00. The van der Waals surface area contributed by atoms with Crippen molar-refractivity contribution >= 4 is 30.1 Å². The Morgan fingerprint density at radius 2 is 1.60 bits per heavy atom. The monoisotopic (exact) mass is 470 g/mol. The van der Waals surface area contributed by atoms with Gasteiger partial charge in [-0.05, 0) is 0 Å². The Balaban J connectivity index is 2.42. The molecule has 0 spiro atoms. The minimum atomic E-state index is 0.722. The molecule has 0 aliphatic heterocycles. The molecule has 0 aliphatic carbocycles. The van der Waals surface area contributed by atoms with Gasteiger partial charge in [0.1, 0.15) is 0 Å². The molecule has 3 rings (SSSR count). The van der Waals surface area contributed by atoms with Crippen LogP contribution in [-0.2, 0) is 22.0 Å². The van der Waals surface area contributed by atoms with Gasteiger partial charge in [-0.25, -0.2) is 0 Å². The molecule has 108 valence electrons. The quantitative estimate of drug-likeness (QED) is 0.384. The molecule has 0 atom stereocenters. The van der Waals surface area contributed by atoms with Crippen molar-refractivity contribution in [2.45, 2.75) is 19.9 Å². The Morgan fingerprint density at radius 3 is 2.25 bits per heavy atom. The number of benzene rings is 2. The molecule has 2 nitrogen and oxygen atoms in total. The van der Waals surface area contributed by atoms with Gasteiger partial charge in [0.05, 0.1) is 0 Å². The standard InChI is InChI=1S/C16H16N2.Ag.HI/c1-2-12-17-13-18(14-8-4-3-5-9-14)16-11-7-6-10-15(16)17;;/h3-11H,2,12H2,1H3;;1H/q;+1;/p-1. The zero-order valence-corrected chi connectivity index (χ0v) is 14.8. The van der Waals surface area contributed by atoms with Crippen molar-refractivity contribution in [3.05, 3.63) is 58.2 Å². The second-order valence-electron chi connectivity index (χ2n) is 4.60. The van der Waals surface area contributed by atoms with Crippen LogP contribution in [-0.4, -0.2) is 9.13 Å². The van der Waals surface area contributed by atoms with Gasteiger partial charge in [-0.15, -0.1) is 0 Å². The molecule has 0 fully saturated rings. The zero-order chi connectivity index (χ0) is 13.9. The maximum atomic E-state index is 2.49. The van der Waals surface area contributed by atoms with Crippen LogP contribution in [0.2, 0.25) is 0 Å². The molecule has 0 unspecified atom stereocenters. The van der Waals surface area contributed by atoms with Crippen LogP contribution in [0.15, 0.2) is 54.6 Å². The first-order chi connectivity index (χ1) is 9.86. The number of para-hydroxylation sites is 3. The van der Waals surface area contributed by atoms with Gasteiger partial charge in [-0.1, -0.05) is 0 Å². The van der Waals surface area contributed by atoms with Crippen molar-refractivity contribution in [2.24, 2.45) is 0 Å². The van der Waals surface area contributed by atoms with Crippen LogP contribution < -0.4 is 0 Å². The van der Waals surface area contributed by atoms with Gasteiger partial charge in [0.25, 0.3) is 0 Å². The van der Waals surface area contributed by atoms with Crippen molar-refractivity contribution < 1.29 is 15.5 Å². The average Bonchev–Trinajstić information content (AvgIpc) is 2.82. The number of fused-ring (bicyclic) bond motifs is 1. The summed E-state index contributed by atoms with van der Waals surface area (Å²) in [5, 5.41) is 0. The topological polar surface area (TPSA) is 9.86 Å². The molecule has 3 aromatic rings. The second-order valence-corrected chi connectivity index (χ2v) is 7.47. The van der Waals surface area contributed by atoms with Crippen LogP contribution in [0, 0.1) is 3.63 Å². The Morgan fingerprint density at radius 1 is 0.950 bits per heavy atom. The van der Waals surface area contributed by atoms with E-state index in [0.29, 0.717) is 0 Å². The predicted octanol–water partition coefficient (Wildman–Crippen LogP) is 4.81. The third kappa shape index (κ3) is 2.48. The second kappa shape index (κ2) is 6.43. The first kappa shape index (κ1) is 14.3. The molecule has 1 heterocycles. The molecule has 20 heavy (non-hydrogen) atoms. The summed E-state index contributed by atoms with van der Waals surface area (Å²) in [5.74, 6) is 0. The molecule has 0 saturated heterocycles. The summed E-state index contributed by atoms with van der Waals surface area (Å²) >= 11 is 3.22. The maximum absolute atomic E-state index is 2.49. The molecule has 0 aliphatic rings. The first-order valence-electron chi connectivity index (χ1n) is 6.64. The first-order valence-corrected chi connectivity index (χ1v) is 11.8. The van der Waals surface area contributed by atoms with E-state index >= 15 is 0 Å². The van der Waals surface area contributed by atoms with Gasteiger partial charge in [0.15, 0.2) is 0 Å². The van der Waals surface area contributed by atoms with Crippen molar-refractivity contribution in [1.82, 2.24) is 9.13 Å². The fourth-order valence-electron chi connectivity index (χ4n) is 2.48. The Bertz CT molecular complexity index is 787. The van der Waals surface area contributed by atoms with Crippen molar-refractivity contribution in [2.75, 3.05) is 0 Å². The number of aromatic nitrogens is 2.